The molecule has 12 heteroatoms. The molecule has 31 heavy (non-hydrogen) atoms. The van der Waals surface area contributed by atoms with Crippen molar-refractivity contribution in [2.45, 2.75) is 18.9 Å². The molecule has 0 aromatic heterocycles. The Morgan fingerprint density at radius 3 is 2.00 bits per heavy atom. The molecular formula is C19H28N4O8. The van der Waals surface area contributed by atoms with Crippen LogP contribution in [-0.2, 0) is 28.7 Å². The highest BCUT2D eigenvalue weighted by atomic mass is 16.5. The van der Waals surface area contributed by atoms with Crippen molar-refractivity contribution >= 4 is 29.7 Å². The number of morpholine rings is 1. The molecule has 1 atom stereocenters. The largest absolute Gasteiger partial charge is 0.478 e. The fraction of sp³-hybridized carbons (Fsp3) is 0.632. The first-order valence-electron chi connectivity index (χ1n) is 10.1. The quantitative estimate of drug-likeness (QED) is 0.411. The highest BCUT2D eigenvalue weighted by Crippen LogP contribution is 2.12. The maximum atomic E-state index is 12.3. The Kier molecular flexibility index (Phi) is 9.40. The number of carboxylic acids is 2. The lowest BCUT2D eigenvalue weighted by atomic mass is 10.2. The van der Waals surface area contributed by atoms with Gasteiger partial charge in [-0.2, -0.15) is 0 Å². The predicted molar refractivity (Wildman–Crippen MR) is 106 cm³/mol. The van der Waals surface area contributed by atoms with Crippen molar-refractivity contribution in [3.8, 4) is 0 Å². The third kappa shape index (κ3) is 8.34. The summed E-state index contributed by atoms with van der Waals surface area (Å²) in [6.45, 7) is 5.58. The normalized spacial score (nSPS) is 21.9. The molecule has 3 saturated heterocycles. The molecule has 0 bridgehead atoms. The van der Waals surface area contributed by atoms with E-state index in [9.17, 15) is 24.0 Å². The molecular weight excluding hydrogens is 412 g/mol. The smallest absolute Gasteiger partial charge is 0.328 e. The number of carboxylic acid groups (broad SMARTS) is 2. The van der Waals surface area contributed by atoms with E-state index in [0.29, 0.717) is 84.0 Å². The van der Waals surface area contributed by atoms with E-state index in [1.54, 1.807) is 4.90 Å². The van der Waals surface area contributed by atoms with E-state index in [-0.39, 0.29) is 23.8 Å². The number of aliphatic carboxylic acids is 2. The van der Waals surface area contributed by atoms with E-state index >= 15 is 0 Å². The number of rotatable bonds is 5. The van der Waals surface area contributed by atoms with Gasteiger partial charge in [-0.3, -0.25) is 19.3 Å². The summed E-state index contributed by atoms with van der Waals surface area (Å²) in [6.07, 6.45) is 2.14. The van der Waals surface area contributed by atoms with Crippen LogP contribution >= 0.6 is 0 Å². The van der Waals surface area contributed by atoms with E-state index in [4.69, 9.17) is 14.9 Å². The molecule has 3 rings (SSSR count). The van der Waals surface area contributed by atoms with Crippen LogP contribution in [0.4, 0.5) is 0 Å². The van der Waals surface area contributed by atoms with Gasteiger partial charge in [-0.25, -0.2) is 9.59 Å². The van der Waals surface area contributed by atoms with Gasteiger partial charge < -0.3 is 30.1 Å². The zero-order valence-electron chi connectivity index (χ0n) is 17.2. The van der Waals surface area contributed by atoms with Crippen LogP contribution in [-0.4, -0.2) is 120 Å². The van der Waals surface area contributed by atoms with E-state index in [1.165, 1.54) is 0 Å². The monoisotopic (exact) mass is 440 g/mol. The number of nitrogens with one attached hydrogen (secondary N) is 1. The zero-order valence-corrected chi connectivity index (χ0v) is 17.2. The van der Waals surface area contributed by atoms with E-state index in [2.05, 4.69) is 10.2 Å². The molecule has 3 N–H and O–H groups in total. The standard InChI is InChI=1S/C15H24N4O4.C4H4O4/c20-13-2-1-12(16-13)15(22)19-5-3-17(4-6-19)11-14(21)18-7-9-23-10-8-18;5-3(6)1-2-4(7)8/h12H,1-11H2,(H,16,20);1-2H,(H,5,6)(H,7,8)/b;2-1-/t12-;/m0./s1. The summed E-state index contributed by atoms with van der Waals surface area (Å²) in [4.78, 5) is 60.6. The third-order valence-corrected chi connectivity index (χ3v) is 5.07. The minimum Gasteiger partial charge on any atom is -0.478 e. The summed E-state index contributed by atoms with van der Waals surface area (Å²) >= 11 is 0. The first-order chi connectivity index (χ1) is 14.8. The van der Waals surface area contributed by atoms with Gasteiger partial charge in [-0.15, -0.1) is 0 Å². The molecule has 12 nitrogen and oxygen atoms in total. The average molecular weight is 440 g/mol. The predicted octanol–water partition coefficient (Wildman–Crippen LogP) is -2.02. The number of carbonyl (C=O) groups excluding carboxylic acids is 3. The fourth-order valence-electron chi connectivity index (χ4n) is 3.39. The topological polar surface area (TPSA) is 157 Å². The molecule has 0 aromatic carbocycles. The number of ether oxygens (including phenoxy) is 1. The van der Waals surface area contributed by atoms with Gasteiger partial charge in [-0.05, 0) is 6.42 Å². The third-order valence-electron chi connectivity index (χ3n) is 5.07. The van der Waals surface area contributed by atoms with Gasteiger partial charge in [0.25, 0.3) is 0 Å². The van der Waals surface area contributed by atoms with E-state index < -0.39 is 11.9 Å². The second-order valence-corrected chi connectivity index (χ2v) is 7.26. The number of piperazine rings is 1. The van der Waals surface area contributed by atoms with Crippen LogP contribution in [0.1, 0.15) is 12.8 Å². The van der Waals surface area contributed by atoms with Crippen LogP contribution in [0.5, 0.6) is 0 Å². The van der Waals surface area contributed by atoms with Crippen molar-refractivity contribution in [3.63, 3.8) is 0 Å². The lowest BCUT2D eigenvalue weighted by molar-refractivity contribution is -0.139. The molecule has 3 aliphatic heterocycles. The zero-order chi connectivity index (χ0) is 22.8. The highest BCUT2D eigenvalue weighted by molar-refractivity contribution is 5.91. The molecule has 3 aliphatic rings. The van der Waals surface area contributed by atoms with Gasteiger partial charge in [0.05, 0.1) is 19.8 Å². The Balaban J connectivity index is 0.000000366. The second kappa shape index (κ2) is 12.0. The van der Waals surface area contributed by atoms with Gasteiger partial charge in [0.2, 0.25) is 17.7 Å². The summed E-state index contributed by atoms with van der Waals surface area (Å²) < 4.78 is 5.26. The first-order valence-corrected chi connectivity index (χ1v) is 10.1. The maximum absolute atomic E-state index is 12.3. The molecule has 0 aromatic rings. The minimum atomic E-state index is -1.26. The Morgan fingerprint density at radius 1 is 0.935 bits per heavy atom. The Morgan fingerprint density at radius 2 is 1.52 bits per heavy atom. The van der Waals surface area contributed by atoms with Crippen molar-refractivity contribution in [2.75, 3.05) is 59.0 Å². The van der Waals surface area contributed by atoms with Crippen LogP contribution in [0.25, 0.3) is 0 Å². The molecule has 0 aliphatic carbocycles. The molecule has 3 fully saturated rings. The Bertz CT molecular complexity index is 696. The molecule has 0 unspecified atom stereocenters. The summed E-state index contributed by atoms with van der Waals surface area (Å²) in [6, 6.07) is -0.357. The number of carbonyl (C=O) groups is 5. The van der Waals surface area contributed by atoms with Crippen molar-refractivity contribution in [1.29, 1.82) is 0 Å². The van der Waals surface area contributed by atoms with Gasteiger partial charge in [0.1, 0.15) is 6.04 Å². The molecule has 0 spiro atoms. The van der Waals surface area contributed by atoms with Crippen molar-refractivity contribution in [3.05, 3.63) is 12.2 Å². The van der Waals surface area contributed by atoms with Crippen molar-refractivity contribution < 1.29 is 38.9 Å². The summed E-state index contributed by atoms with van der Waals surface area (Å²) in [7, 11) is 0. The molecule has 3 heterocycles. The summed E-state index contributed by atoms with van der Waals surface area (Å²) in [5.74, 6) is -2.41. The fourth-order valence-corrected chi connectivity index (χ4v) is 3.39. The number of hydrogen-bond acceptors (Lipinski definition) is 7. The Labute approximate surface area is 179 Å². The lowest BCUT2D eigenvalue weighted by Gasteiger charge is -2.36. The van der Waals surface area contributed by atoms with Crippen LogP contribution in [0.15, 0.2) is 12.2 Å². The Hall–Kier alpha value is -2.99. The lowest BCUT2D eigenvalue weighted by Crippen LogP contribution is -2.55. The van der Waals surface area contributed by atoms with Gasteiger partial charge >= 0.3 is 11.9 Å². The molecule has 0 radical (unpaired) electrons. The van der Waals surface area contributed by atoms with Gasteiger partial charge in [-0.1, -0.05) is 0 Å². The maximum Gasteiger partial charge on any atom is 0.328 e. The van der Waals surface area contributed by atoms with Crippen LogP contribution in [0.3, 0.4) is 0 Å². The number of amides is 3. The number of nitrogens with zero attached hydrogens (tertiary/aromatic N) is 3. The molecule has 172 valence electrons. The van der Waals surface area contributed by atoms with E-state index in [1.807, 2.05) is 4.90 Å². The van der Waals surface area contributed by atoms with Crippen LogP contribution in [0.2, 0.25) is 0 Å². The molecule has 3 amide bonds. The van der Waals surface area contributed by atoms with Crippen molar-refractivity contribution in [2.24, 2.45) is 0 Å². The van der Waals surface area contributed by atoms with Crippen LogP contribution < -0.4 is 5.32 Å². The van der Waals surface area contributed by atoms with Crippen LogP contribution in [0, 0.1) is 0 Å². The number of hydrogen-bond donors (Lipinski definition) is 3. The second-order valence-electron chi connectivity index (χ2n) is 7.26. The first kappa shape index (κ1) is 24.3. The highest BCUT2D eigenvalue weighted by Gasteiger charge is 2.32. The summed E-state index contributed by atoms with van der Waals surface area (Å²) in [5.41, 5.74) is 0. The van der Waals surface area contributed by atoms with E-state index in [0.717, 1.165) is 0 Å². The minimum absolute atomic E-state index is 0.00926. The summed E-state index contributed by atoms with van der Waals surface area (Å²) in [5, 5.41) is 18.3. The molecule has 0 saturated carbocycles. The van der Waals surface area contributed by atoms with Crippen molar-refractivity contribution in [1.82, 2.24) is 20.0 Å². The van der Waals surface area contributed by atoms with Gasteiger partial charge in [0, 0.05) is 57.8 Å². The van der Waals surface area contributed by atoms with Gasteiger partial charge in [0.15, 0.2) is 0 Å². The average Bonchev–Trinajstić information content (AvgIpc) is 3.19. The SMILES string of the molecule is O=C(O)/C=C\C(=O)O.O=C1CC[C@@H](C(=O)N2CCN(CC(=O)N3CCOCC3)CC2)N1.